The van der Waals surface area contributed by atoms with E-state index in [0.717, 1.165) is 20.7 Å². The molecule has 1 saturated carbocycles. The zero-order chi connectivity index (χ0) is 27.2. The molecular weight excluding hydrogens is 522 g/mol. The van der Waals surface area contributed by atoms with Crippen molar-refractivity contribution in [2.75, 3.05) is 11.9 Å². The maximum atomic E-state index is 12.5. The molecule has 3 aromatic rings. The molecule has 2 aromatic heterocycles. The predicted molar refractivity (Wildman–Crippen MR) is 134 cm³/mol. The third-order valence-electron chi connectivity index (χ3n) is 6.26. The number of aliphatic hydroxyl groups is 1. The van der Waals surface area contributed by atoms with Gasteiger partial charge in [0.15, 0.2) is 0 Å². The molecule has 4 N–H and O–H groups in total. The number of hydrogen-bond acceptors (Lipinski definition) is 13. The molecule has 202 valence electrons. The second kappa shape index (κ2) is 12.0. The lowest BCUT2D eigenvalue weighted by molar-refractivity contribution is -0.797. The predicted octanol–water partition coefficient (Wildman–Crippen LogP) is 2.38. The second-order valence-electron chi connectivity index (χ2n) is 8.71. The highest BCUT2D eigenvalue weighted by molar-refractivity contribution is 7.22. The lowest BCUT2D eigenvalue weighted by Gasteiger charge is -2.23. The summed E-state index contributed by atoms with van der Waals surface area (Å²) in [5.41, 5.74) is 7.38. The SMILES string of the molecule is NC[C@H](c1ccc(COC(=O)C2C[C@@H](O[N+](=O)[O-])[C@H](O[N+](=O)[O-])C2)cc1)[C@H](O)Nc1cc2ccncc2s1. The summed E-state index contributed by atoms with van der Waals surface area (Å²) < 4.78 is 6.31. The summed E-state index contributed by atoms with van der Waals surface area (Å²) in [6, 6.07) is 10.8. The average molecular weight is 548 g/mol. The van der Waals surface area contributed by atoms with Gasteiger partial charge in [-0.15, -0.1) is 31.6 Å². The van der Waals surface area contributed by atoms with Gasteiger partial charge in [-0.1, -0.05) is 24.3 Å². The summed E-state index contributed by atoms with van der Waals surface area (Å²) in [6.07, 6.45) is -0.265. The number of aliphatic hydroxyl groups excluding tert-OH is 1. The van der Waals surface area contributed by atoms with Crippen molar-refractivity contribution in [2.24, 2.45) is 11.7 Å². The number of thiophene rings is 1. The number of fused-ring (bicyclic) bond motifs is 1. The largest absolute Gasteiger partial charge is 0.461 e. The number of ether oxygens (including phenoxy) is 1. The number of hydrogen-bond donors (Lipinski definition) is 3. The normalized spacial score (nSPS) is 19.0. The number of benzene rings is 1. The number of nitrogens with zero attached hydrogens (tertiary/aromatic N) is 3. The Morgan fingerprint density at radius 2 is 1.82 bits per heavy atom. The first kappa shape index (κ1) is 27.0. The molecule has 15 heteroatoms. The Morgan fingerprint density at radius 3 is 2.39 bits per heavy atom. The maximum Gasteiger partial charge on any atom is 0.309 e. The molecule has 1 aliphatic rings. The average Bonchev–Trinajstić information content (AvgIpc) is 3.46. The number of anilines is 1. The summed E-state index contributed by atoms with van der Waals surface area (Å²) in [7, 11) is 0. The third kappa shape index (κ3) is 6.62. The Bertz CT molecular complexity index is 1230. The van der Waals surface area contributed by atoms with Crippen LogP contribution in [0.5, 0.6) is 0 Å². The van der Waals surface area contributed by atoms with Crippen LogP contribution in [-0.2, 0) is 25.8 Å². The number of rotatable bonds is 12. The molecule has 38 heavy (non-hydrogen) atoms. The van der Waals surface area contributed by atoms with Crippen LogP contribution in [-0.4, -0.2) is 51.2 Å². The van der Waals surface area contributed by atoms with Gasteiger partial charge < -0.3 is 30.6 Å². The first-order valence-electron chi connectivity index (χ1n) is 11.6. The topological polar surface area (TPSA) is 202 Å². The van der Waals surface area contributed by atoms with Crippen LogP contribution in [0.3, 0.4) is 0 Å². The molecule has 2 heterocycles. The van der Waals surface area contributed by atoms with Crippen LogP contribution in [0.1, 0.15) is 29.9 Å². The number of aromatic nitrogens is 1. The molecule has 0 bridgehead atoms. The smallest absolute Gasteiger partial charge is 0.309 e. The van der Waals surface area contributed by atoms with Gasteiger partial charge in [0.2, 0.25) is 0 Å². The Kier molecular flexibility index (Phi) is 8.50. The number of pyridine rings is 1. The molecule has 0 spiro atoms. The van der Waals surface area contributed by atoms with Crippen LogP contribution in [0.4, 0.5) is 5.00 Å². The van der Waals surface area contributed by atoms with Crippen molar-refractivity contribution in [3.8, 4) is 0 Å². The molecule has 1 aromatic carbocycles. The van der Waals surface area contributed by atoms with Gasteiger partial charge in [-0.25, -0.2) is 0 Å². The summed E-state index contributed by atoms with van der Waals surface area (Å²) >= 11 is 1.47. The van der Waals surface area contributed by atoms with Gasteiger partial charge in [0, 0.05) is 24.9 Å². The molecule has 0 aliphatic heterocycles. The molecule has 1 aliphatic carbocycles. The Labute approximate surface area is 219 Å². The Balaban J connectivity index is 1.32. The van der Waals surface area contributed by atoms with Crippen LogP contribution in [0.2, 0.25) is 0 Å². The van der Waals surface area contributed by atoms with Crippen LogP contribution in [0.25, 0.3) is 10.1 Å². The number of nitrogens with two attached hydrogens (primary N) is 1. The van der Waals surface area contributed by atoms with E-state index in [1.807, 2.05) is 12.1 Å². The zero-order valence-corrected chi connectivity index (χ0v) is 20.7. The monoisotopic (exact) mass is 547 g/mol. The molecule has 0 unspecified atom stereocenters. The van der Waals surface area contributed by atoms with E-state index < -0.39 is 46.4 Å². The van der Waals surface area contributed by atoms with Gasteiger partial charge >= 0.3 is 5.97 Å². The quantitative estimate of drug-likeness (QED) is 0.129. The van der Waals surface area contributed by atoms with Gasteiger partial charge in [0.1, 0.15) is 25.0 Å². The van der Waals surface area contributed by atoms with Gasteiger partial charge in [0.25, 0.3) is 10.2 Å². The van der Waals surface area contributed by atoms with Crippen molar-refractivity contribution in [1.29, 1.82) is 0 Å². The first-order valence-corrected chi connectivity index (χ1v) is 12.4. The third-order valence-corrected chi connectivity index (χ3v) is 7.28. The summed E-state index contributed by atoms with van der Waals surface area (Å²) in [4.78, 5) is 46.8. The lowest BCUT2D eigenvalue weighted by atomic mass is 9.96. The lowest BCUT2D eigenvalue weighted by Crippen LogP contribution is -2.32. The van der Waals surface area contributed by atoms with E-state index in [4.69, 9.17) is 10.5 Å². The Hall–Kier alpha value is -4.08. The van der Waals surface area contributed by atoms with Crippen molar-refractivity contribution >= 4 is 32.4 Å². The van der Waals surface area contributed by atoms with Gasteiger partial charge in [-0.3, -0.25) is 9.78 Å². The molecule has 0 amide bonds. The number of nitrogens with one attached hydrogen (secondary N) is 1. The molecule has 0 radical (unpaired) electrons. The fourth-order valence-corrected chi connectivity index (χ4v) is 5.34. The Morgan fingerprint density at radius 1 is 1.16 bits per heavy atom. The van der Waals surface area contributed by atoms with E-state index in [9.17, 15) is 30.1 Å². The van der Waals surface area contributed by atoms with E-state index in [-0.39, 0.29) is 26.0 Å². The van der Waals surface area contributed by atoms with E-state index in [1.165, 1.54) is 11.3 Å². The standard InChI is InChI=1S/C23H25N5O9S/c24-10-17(22(29)26-21-9-15-5-6-25-11-20(15)38-21)14-3-1-13(2-4-14)12-35-23(30)16-7-18(36-27(31)32)19(8-16)37-28(33)34/h1-6,9,11,16-19,22,26,29H,7-8,10,12,24H2/t17-,18-,19-,22+/m1/s1. The van der Waals surface area contributed by atoms with Crippen molar-refractivity contribution in [2.45, 2.75) is 43.8 Å². The number of carbonyl (C=O) groups excluding carboxylic acids is 1. The van der Waals surface area contributed by atoms with Crippen LogP contribution in [0.15, 0.2) is 48.8 Å². The minimum Gasteiger partial charge on any atom is -0.461 e. The molecule has 4 atom stereocenters. The minimum atomic E-state index is -1.25. The zero-order valence-electron chi connectivity index (χ0n) is 19.9. The molecule has 14 nitrogen and oxygen atoms in total. The van der Waals surface area contributed by atoms with E-state index in [1.54, 1.807) is 36.7 Å². The molecule has 0 saturated heterocycles. The van der Waals surface area contributed by atoms with Gasteiger partial charge in [-0.05, 0) is 41.5 Å². The van der Waals surface area contributed by atoms with E-state index >= 15 is 0 Å². The highest BCUT2D eigenvalue weighted by Crippen LogP contribution is 2.33. The highest BCUT2D eigenvalue weighted by Gasteiger charge is 2.43. The van der Waals surface area contributed by atoms with Crippen molar-refractivity contribution in [3.63, 3.8) is 0 Å². The second-order valence-corrected chi connectivity index (χ2v) is 9.79. The van der Waals surface area contributed by atoms with Crippen LogP contribution >= 0.6 is 11.3 Å². The maximum absolute atomic E-state index is 12.5. The van der Waals surface area contributed by atoms with Crippen LogP contribution in [0, 0.1) is 26.1 Å². The molecule has 1 fully saturated rings. The fraction of sp³-hybridized carbons (Fsp3) is 0.391. The molecular formula is C23H25N5O9S. The van der Waals surface area contributed by atoms with Gasteiger partial charge in [-0.2, -0.15) is 0 Å². The summed E-state index contributed by atoms with van der Waals surface area (Å²) in [5.74, 6) is -1.93. The minimum absolute atomic E-state index is 0.0823. The van der Waals surface area contributed by atoms with E-state index in [0.29, 0.717) is 5.56 Å². The van der Waals surface area contributed by atoms with E-state index in [2.05, 4.69) is 20.0 Å². The summed E-state index contributed by atoms with van der Waals surface area (Å²) in [6.45, 7) is 0.0957. The highest BCUT2D eigenvalue weighted by atomic mass is 32.1. The molecule has 4 rings (SSSR count). The van der Waals surface area contributed by atoms with Crippen molar-refractivity contribution in [3.05, 3.63) is 80.1 Å². The first-order chi connectivity index (χ1) is 18.2. The number of esters is 1. The summed E-state index contributed by atoms with van der Waals surface area (Å²) in [5, 5.41) is 34.8. The number of carbonyl (C=O) groups is 1. The van der Waals surface area contributed by atoms with Crippen LogP contribution < -0.4 is 11.1 Å². The van der Waals surface area contributed by atoms with Crippen molar-refractivity contribution < 1.29 is 34.5 Å². The van der Waals surface area contributed by atoms with Gasteiger partial charge in [0.05, 0.1) is 15.6 Å². The van der Waals surface area contributed by atoms with Crippen molar-refractivity contribution in [1.82, 2.24) is 4.98 Å². The fourth-order valence-electron chi connectivity index (χ4n) is 4.38.